The van der Waals surface area contributed by atoms with Crippen LogP contribution in [0.4, 0.5) is 10.3 Å². The summed E-state index contributed by atoms with van der Waals surface area (Å²) in [5.74, 6) is -0.00343. The lowest BCUT2D eigenvalue weighted by molar-refractivity contribution is 0.210. The highest BCUT2D eigenvalue weighted by Gasteiger charge is 2.34. The Morgan fingerprint density at radius 3 is 2.73 bits per heavy atom. The van der Waals surface area contributed by atoms with E-state index in [-0.39, 0.29) is 6.61 Å². The molecule has 1 aliphatic heterocycles. The maximum Gasteiger partial charge on any atom is 0.225 e. The van der Waals surface area contributed by atoms with Gasteiger partial charge in [-0.15, -0.1) is 0 Å². The summed E-state index contributed by atoms with van der Waals surface area (Å²) in [6, 6.07) is 0. The molecule has 0 saturated carbocycles. The molecule has 0 bridgehead atoms. The molecule has 1 saturated heterocycles. The van der Waals surface area contributed by atoms with E-state index in [4.69, 9.17) is 10.8 Å². The third-order valence-corrected chi connectivity index (χ3v) is 2.59. The Hall–Kier alpha value is -1.27. The van der Waals surface area contributed by atoms with Gasteiger partial charge in [-0.1, -0.05) is 0 Å². The van der Waals surface area contributed by atoms with E-state index in [9.17, 15) is 4.39 Å². The van der Waals surface area contributed by atoms with Crippen molar-refractivity contribution in [3.63, 3.8) is 0 Å². The van der Waals surface area contributed by atoms with Crippen LogP contribution in [0.2, 0.25) is 0 Å². The molecule has 1 fully saturated rings. The Morgan fingerprint density at radius 1 is 1.53 bits per heavy atom. The van der Waals surface area contributed by atoms with Crippen LogP contribution in [0.5, 0.6) is 0 Å². The van der Waals surface area contributed by atoms with Crippen LogP contribution in [0.3, 0.4) is 0 Å². The van der Waals surface area contributed by atoms with Gasteiger partial charge in [-0.25, -0.2) is 14.4 Å². The highest BCUT2D eigenvalue weighted by molar-refractivity contribution is 5.32. The summed E-state index contributed by atoms with van der Waals surface area (Å²) >= 11 is 0. The number of anilines is 1. The zero-order chi connectivity index (χ0) is 10.9. The predicted octanol–water partition coefficient (Wildman–Crippen LogP) is -0.484. The van der Waals surface area contributed by atoms with Gasteiger partial charge in [0.15, 0.2) is 5.82 Å². The number of aliphatic hydroxyl groups is 1. The summed E-state index contributed by atoms with van der Waals surface area (Å²) in [7, 11) is 0. The minimum Gasteiger partial charge on any atom is -0.394 e. The number of hydrogen-bond acceptors (Lipinski definition) is 5. The highest BCUT2D eigenvalue weighted by atomic mass is 19.1. The maximum absolute atomic E-state index is 12.6. The van der Waals surface area contributed by atoms with Gasteiger partial charge in [0.25, 0.3) is 0 Å². The van der Waals surface area contributed by atoms with Crippen molar-refractivity contribution in [3.05, 3.63) is 18.2 Å². The van der Waals surface area contributed by atoms with Crippen LogP contribution in [0.25, 0.3) is 0 Å². The summed E-state index contributed by atoms with van der Waals surface area (Å²) in [6.45, 7) is 1.11. The lowest BCUT2D eigenvalue weighted by atomic mass is 10.0. The average molecular weight is 212 g/mol. The lowest BCUT2D eigenvalue weighted by Gasteiger charge is -2.21. The van der Waals surface area contributed by atoms with Crippen LogP contribution in [0.1, 0.15) is 6.42 Å². The molecule has 6 heteroatoms. The average Bonchev–Trinajstić information content (AvgIpc) is 2.63. The third kappa shape index (κ3) is 2.05. The number of rotatable bonds is 2. The number of hydrogen-bond donors (Lipinski definition) is 2. The normalized spacial score (nSPS) is 25.9. The Bertz CT molecular complexity index is 344. The quantitative estimate of drug-likeness (QED) is 0.692. The highest BCUT2D eigenvalue weighted by Crippen LogP contribution is 2.21. The Morgan fingerprint density at radius 2 is 2.20 bits per heavy atom. The van der Waals surface area contributed by atoms with E-state index in [1.165, 1.54) is 0 Å². The lowest BCUT2D eigenvalue weighted by Crippen LogP contribution is -2.46. The molecule has 1 unspecified atom stereocenters. The summed E-state index contributed by atoms with van der Waals surface area (Å²) in [5.41, 5.74) is 5.31. The number of halogens is 1. The maximum atomic E-state index is 12.6. The largest absolute Gasteiger partial charge is 0.394 e. The SMILES string of the molecule is NC1(CO)CCN(c2ncc(F)cn2)C1. The van der Waals surface area contributed by atoms with Gasteiger partial charge in [-0.05, 0) is 6.42 Å². The Balaban J connectivity index is 2.11. The molecule has 1 aliphatic rings. The summed E-state index contributed by atoms with van der Waals surface area (Å²) in [4.78, 5) is 9.57. The first-order chi connectivity index (χ1) is 7.13. The van der Waals surface area contributed by atoms with Crippen molar-refractivity contribution in [2.75, 3.05) is 24.6 Å². The van der Waals surface area contributed by atoms with E-state index >= 15 is 0 Å². The molecule has 0 spiro atoms. The molecule has 82 valence electrons. The van der Waals surface area contributed by atoms with Gasteiger partial charge in [-0.2, -0.15) is 0 Å². The number of nitrogens with zero attached hydrogens (tertiary/aromatic N) is 3. The molecular formula is C9H13FN4O. The molecule has 0 aromatic carbocycles. The van der Waals surface area contributed by atoms with Crippen LogP contribution in [-0.2, 0) is 0 Å². The van der Waals surface area contributed by atoms with Crippen molar-refractivity contribution in [1.82, 2.24) is 9.97 Å². The van der Waals surface area contributed by atoms with Gasteiger partial charge < -0.3 is 15.7 Å². The second-order valence-corrected chi connectivity index (χ2v) is 3.89. The predicted molar refractivity (Wildman–Crippen MR) is 52.8 cm³/mol. The molecule has 2 heterocycles. The number of aliphatic hydroxyl groups excluding tert-OH is 1. The fourth-order valence-corrected chi connectivity index (χ4v) is 1.66. The van der Waals surface area contributed by atoms with Crippen LogP contribution < -0.4 is 10.6 Å². The second kappa shape index (κ2) is 3.71. The van der Waals surface area contributed by atoms with Gasteiger partial charge in [0.2, 0.25) is 5.95 Å². The van der Waals surface area contributed by atoms with Crippen LogP contribution in [0.15, 0.2) is 12.4 Å². The van der Waals surface area contributed by atoms with Gasteiger partial charge >= 0.3 is 0 Å². The minimum atomic E-state index is -0.586. The molecule has 3 N–H and O–H groups in total. The standard InChI is InChI=1S/C9H13FN4O/c10-7-3-12-8(13-4-7)14-2-1-9(11,5-14)6-15/h3-4,15H,1-2,5-6,11H2. The van der Waals surface area contributed by atoms with E-state index in [0.717, 1.165) is 12.4 Å². The third-order valence-electron chi connectivity index (χ3n) is 2.59. The first kappa shape index (κ1) is 10.3. The monoisotopic (exact) mass is 212 g/mol. The zero-order valence-electron chi connectivity index (χ0n) is 8.23. The van der Waals surface area contributed by atoms with Crippen molar-refractivity contribution >= 4 is 5.95 Å². The number of aromatic nitrogens is 2. The van der Waals surface area contributed by atoms with Gasteiger partial charge in [0, 0.05) is 13.1 Å². The van der Waals surface area contributed by atoms with Crippen molar-refractivity contribution in [2.45, 2.75) is 12.0 Å². The molecule has 0 amide bonds. The molecular weight excluding hydrogens is 199 g/mol. The minimum absolute atomic E-state index is 0.0648. The molecule has 1 aromatic heterocycles. The molecule has 0 radical (unpaired) electrons. The Labute approximate surface area is 86.7 Å². The fraction of sp³-hybridized carbons (Fsp3) is 0.556. The molecule has 5 nitrogen and oxygen atoms in total. The van der Waals surface area contributed by atoms with Crippen LogP contribution >= 0.6 is 0 Å². The molecule has 1 aromatic rings. The first-order valence-corrected chi connectivity index (χ1v) is 4.75. The van der Waals surface area contributed by atoms with Gasteiger partial charge in [0.05, 0.1) is 24.5 Å². The van der Waals surface area contributed by atoms with Crippen LogP contribution in [0, 0.1) is 5.82 Å². The Kier molecular flexibility index (Phi) is 2.54. The van der Waals surface area contributed by atoms with Gasteiger partial charge in [0.1, 0.15) is 0 Å². The zero-order valence-corrected chi connectivity index (χ0v) is 8.23. The summed E-state index contributed by atoms with van der Waals surface area (Å²) in [5, 5.41) is 9.08. The van der Waals surface area contributed by atoms with Crippen molar-refractivity contribution < 1.29 is 9.50 Å². The van der Waals surface area contributed by atoms with E-state index in [2.05, 4.69) is 9.97 Å². The van der Waals surface area contributed by atoms with E-state index in [1.54, 1.807) is 0 Å². The summed E-state index contributed by atoms with van der Waals surface area (Å²) in [6.07, 6.45) is 2.93. The van der Waals surface area contributed by atoms with Gasteiger partial charge in [-0.3, -0.25) is 0 Å². The molecule has 0 aliphatic carbocycles. The van der Waals surface area contributed by atoms with Crippen molar-refractivity contribution in [2.24, 2.45) is 5.73 Å². The smallest absolute Gasteiger partial charge is 0.225 e. The second-order valence-electron chi connectivity index (χ2n) is 3.89. The van der Waals surface area contributed by atoms with Crippen LogP contribution in [-0.4, -0.2) is 40.3 Å². The topological polar surface area (TPSA) is 75.3 Å². The number of nitrogens with two attached hydrogens (primary N) is 1. The fourth-order valence-electron chi connectivity index (χ4n) is 1.66. The summed E-state index contributed by atoms with van der Waals surface area (Å²) < 4.78 is 12.6. The van der Waals surface area contributed by atoms with E-state index < -0.39 is 11.4 Å². The van der Waals surface area contributed by atoms with E-state index in [1.807, 2.05) is 4.90 Å². The first-order valence-electron chi connectivity index (χ1n) is 4.75. The van der Waals surface area contributed by atoms with E-state index in [0.29, 0.717) is 25.5 Å². The molecule has 2 rings (SSSR count). The van der Waals surface area contributed by atoms with Crippen molar-refractivity contribution in [1.29, 1.82) is 0 Å². The molecule has 15 heavy (non-hydrogen) atoms. The van der Waals surface area contributed by atoms with Crippen molar-refractivity contribution in [3.8, 4) is 0 Å². The molecule has 1 atom stereocenters.